The molecule has 0 unspecified atom stereocenters. The molecule has 3 aliphatic heterocycles. The van der Waals surface area contributed by atoms with Crippen molar-refractivity contribution in [1.29, 1.82) is 0 Å². The average molecular weight is 384 g/mol. The molecule has 148 valence electrons. The normalized spacial score (nSPS) is 30.1. The molecule has 28 heavy (non-hydrogen) atoms. The number of piperazine rings is 1. The van der Waals surface area contributed by atoms with Crippen LogP contribution in [0.1, 0.15) is 5.56 Å². The maximum absolute atomic E-state index is 14.0. The second-order valence-corrected chi connectivity index (χ2v) is 7.61. The Morgan fingerprint density at radius 3 is 2.46 bits per heavy atom. The van der Waals surface area contributed by atoms with Crippen LogP contribution in [0.15, 0.2) is 54.6 Å². The molecule has 5 nitrogen and oxygen atoms in total. The van der Waals surface area contributed by atoms with E-state index in [1.807, 2.05) is 42.5 Å². The summed E-state index contributed by atoms with van der Waals surface area (Å²) in [5.74, 6) is -0.152. The Bertz CT molecular complexity index is 797. The third-order valence-electron chi connectivity index (χ3n) is 5.87. The first-order valence-electron chi connectivity index (χ1n) is 9.96. The van der Waals surface area contributed by atoms with Gasteiger partial charge in [0.1, 0.15) is 18.0 Å². The van der Waals surface area contributed by atoms with E-state index in [0.717, 1.165) is 31.7 Å². The zero-order valence-corrected chi connectivity index (χ0v) is 15.7. The minimum atomic E-state index is -0.291. The Hall–Kier alpha value is -1.99. The van der Waals surface area contributed by atoms with Crippen LogP contribution < -0.4 is 4.90 Å². The van der Waals surface area contributed by atoms with Gasteiger partial charge in [0.05, 0.1) is 24.9 Å². The first-order valence-corrected chi connectivity index (χ1v) is 9.96. The lowest BCUT2D eigenvalue weighted by Gasteiger charge is -2.41. The summed E-state index contributed by atoms with van der Waals surface area (Å²) in [6.45, 7) is 4.52. The molecule has 3 saturated heterocycles. The maximum atomic E-state index is 14.0. The molecule has 2 aromatic rings. The highest BCUT2D eigenvalue weighted by Crippen LogP contribution is 2.38. The molecule has 3 heterocycles. The van der Waals surface area contributed by atoms with Crippen LogP contribution in [-0.2, 0) is 20.8 Å². The Morgan fingerprint density at radius 1 is 0.929 bits per heavy atom. The van der Waals surface area contributed by atoms with Crippen LogP contribution >= 0.6 is 0 Å². The fourth-order valence-electron chi connectivity index (χ4n) is 4.26. The van der Waals surface area contributed by atoms with Crippen molar-refractivity contribution in [2.75, 3.05) is 37.7 Å². The van der Waals surface area contributed by atoms with Crippen LogP contribution in [0.4, 0.5) is 10.1 Å². The fourth-order valence-corrected chi connectivity index (χ4v) is 4.26. The van der Waals surface area contributed by atoms with E-state index in [4.69, 9.17) is 14.2 Å². The number of para-hydroxylation sites is 1. The van der Waals surface area contributed by atoms with E-state index in [9.17, 15) is 4.39 Å². The molecule has 0 N–H and O–H groups in total. The lowest BCUT2D eigenvalue weighted by atomic mass is 10.1. The van der Waals surface area contributed by atoms with Gasteiger partial charge in [-0.3, -0.25) is 4.90 Å². The highest BCUT2D eigenvalue weighted by atomic mass is 19.1. The highest BCUT2D eigenvalue weighted by molar-refractivity contribution is 5.48. The van der Waals surface area contributed by atoms with Gasteiger partial charge in [-0.1, -0.05) is 42.5 Å². The summed E-state index contributed by atoms with van der Waals surface area (Å²) in [5.41, 5.74) is 1.83. The number of nitrogens with zero attached hydrogens (tertiary/aromatic N) is 2. The Labute approximate surface area is 164 Å². The molecule has 4 atom stereocenters. The van der Waals surface area contributed by atoms with E-state index < -0.39 is 0 Å². The van der Waals surface area contributed by atoms with Crippen molar-refractivity contribution in [2.45, 2.75) is 31.1 Å². The zero-order valence-electron chi connectivity index (χ0n) is 15.7. The number of hydrogen-bond acceptors (Lipinski definition) is 5. The molecule has 0 aromatic heterocycles. The molecule has 0 spiro atoms. The molecule has 6 heteroatoms. The third kappa shape index (κ3) is 3.65. The van der Waals surface area contributed by atoms with Gasteiger partial charge in [-0.25, -0.2) is 4.39 Å². The number of fused-ring (bicyclic) bond motifs is 1. The Kier molecular flexibility index (Phi) is 5.03. The van der Waals surface area contributed by atoms with Crippen LogP contribution in [0, 0.1) is 5.82 Å². The third-order valence-corrected chi connectivity index (χ3v) is 5.87. The number of rotatable bonds is 5. The highest BCUT2D eigenvalue weighted by Gasteiger charge is 2.56. The van der Waals surface area contributed by atoms with Crippen molar-refractivity contribution in [1.82, 2.24) is 4.90 Å². The van der Waals surface area contributed by atoms with E-state index in [0.29, 0.717) is 18.9 Å². The first-order chi connectivity index (χ1) is 13.8. The quantitative estimate of drug-likeness (QED) is 0.741. The summed E-state index contributed by atoms with van der Waals surface area (Å²) in [6, 6.07) is 17.4. The van der Waals surface area contributed by atoms with Crippen LogP contribution in [0.25, 0.3) is 0 Å². The van der Waals surface area contributed by atoms with Crippen molar-refractivity contribution in [2.24, 2.45) is 0 Å². The fraction of sp³-hybridized carbons (Fsp3) is 0.455. The van der Waals surface area contributed by atoms with Gasteiger partial charge in [-0.05, 0) is 17.7 Å². The summed E-state index contributed by atoms with van der Waals surface area (Å²) < 4.78 is 31.9. The molecule has 3 fully saturated rings. The van der Waals surface area contributed by atoms with Crippen molar-refractivity contribution >= 4 is 5.69 Å². The van der Waals surface area contributed by atoms with E-state index in [1.54, 1.807) is 6.07 Å². The van der Waals surface area contributed by atoms with E-state index in [1.165, 1.54) is 6.07 Å². The Morgan fingerprint density at radius 2 is 1.68 bits per heavy atom. The number of benzene rings is 2. The van der Waals surface area contributed by atoms with E-state index >= 15 is 0 Å². The summed E-state index contributed by atoms with van der Waals surface area (Å²) in [7, 11) is 0. The van der Waals surface area contributed by atoms with Crippen molar-refractivity contribution in [3.8, 4) is 0 Å². The lowest BCUT2D eigenvalue weighted by Crippen LogP contribution is -2.56. The van der Waals surface area contributed by atoms with Crippen molar-refractivity contribution in [3.63, 3.8) is 0 Å². The summed E-state index contributed by atoms with van der Waals surface area (Å²) in [6.07, 6.45) is -0.0947. The summed E-state index contributed by atoms with van der Waals surface area (Å²) in [5, 5.41) is 0. The summed E-state index contributed by atoms with van der Waals surface area (Å²) >= 11 is 0. The first kappa shape index (κ1) is 18.1. The summed E-state index contributed by atoms with van der Waals surface area (Å²) in [4.78, 5) is 4.53. The standard InChI is InChI=1S/C22H25FN2O3/c23-17-8-4-5-9-18(17)24-10-12-25(13-11-24)19-15-27-22(21-20(19)28-21)26-14-16-6-2-1-3-7-16/h1-9,19-22H,10-15H2/t19-,20+,21+,22+/m1/s1. The molecule has 3 aliphatic rings. The topological polar surface area (TPSA) is 37.5 Å². The van der Waals surface area contributed by atoms with Crippen LogP contribution in [0.3, 0.4) is 0 Å². The molecule has 0 amide bonds. The van der Waals surface area contributed by atoms with Gasteiger partial charge < -0.3 is 19.1 Å². The molecule has 0 bridgehead atoms. The molecular formula is C22H25FN2O3. The van der Waals surface area contributed by atoms with E-state index in [-0.39, 0.29) is 30.4 Å². The van der Waals surface area contributed by atoms with Gasteiger partial charge in [-0.2, -0.15) is 0 Å². The van der Waals surface area contributed by atoms with Crippen molar-refractivity contribution in [3.05, 3.63) is 66.0 Å². The van der Waals surface area contributed by atoms with Crippen molar-refractivity contribution < 1.29 is 18.6 Å². The average Bonchev–Trinajstić information content (AvgIpc) is 3.55. The maximum Gasteiger partial charge on any atom is 0.186 e. The van der Waals surface area contributed by atoms with Gasteiger partial charge in [0.2, 0.25) is 0 Å². The molecule has 0 radical (unpaired) electrons. The second kappa shape index (κ2) is 7.79. The smallest absolute Gasteiger partial charge is 0.186 e. The predicted octanol–water partition coefficient (Wildman–Crippen LogP) is 2.66. The molecule has 2 aromatic carbocycles. The van der Waals surface area contributed by atoms with Gasteiger partial charge in [0, 0.05) is 26.2 Å². The minimum Gasteiger partial charge on any atom is -0.367 e. The second-order valence-electron chi connectivity index (χ2n) is 7.61. The molecule has 0 aliphatic carbocycles. The number of halogens is 1. The van der Waals surface area contributed by atoms with Gasteiger partial charge in [0.15, 0.2) is 6.29 Å². The lowest BCUT2D eigenvalue weighted by molar-refractivity contribution is -0.176. The van der Waals surface area contributed by atoms with Gasteiger partial charge in [-0.15, -0.1) is 0 Å². The minimum absolute atomic E-state index is 0.0204. The predicted molar refractivity (Wildman–Crippen MR) is 104 cm³/mol. The van der Waals surface area contributed by atoms with E-state index in [2.05, 4.69) is 9.80 Å². The zero-order chi connectivity index (χ0) is 18.9. The largest absolute Gasteiger partial charge is 0.367 e. The molecule has 0 saturated carbocycles. The molecule has 5 rings (SSSR count). The number of anilines is 1. The molecular weight excluding hydrogens is 359 g/mol. The van der Waals surface area contributed by atoms with Crippen LogP contribution in [0.5, 0.6) is 0 Å². The van der Waals surface area contributed by atoms with Gasteiger partial charge in [0.25, 0.3) is 0 Å². The number of hydrogen-bond donors (Lipinski definition) is 0. The number of epoxide rings is 1. The van der Waals surface area contributed by atoms with Crippen LogP contribution in [-0.4, -0.2) is 62.2 Å². The number of ether oxygens (including phenoxy) is 3. The SMILES string of the molecule is Fc1ccccc1N1CCN([C@@H]2CO[C@H](OCc3ccccc3)[C@H]3O[C@H]32)CC1. The van der Waals surface area contributed by atoms with Crippen LogP contribution in [0.2, 0.25) is 0 Å². The Balaban J connectivity index is 1.12. The van der Waals surface area contributed by atoms with Gasteiger partial charge >= 0.3 is 0 Å². The monoisotopic (exact) mass is 384 g/mol.